The molecule has 2 N–H and O–H groups in total. The average molecular weight is 235 g/mol. The summed E-state index contributed by atoms with van der Waals surface area (Å²) in [7, 11) is 0. The standard InChI is InChI=1S/C13H21N3O/c1-10(12(17)16-13(2,3)4)15-9-11-5-7-14-8-6-11/h5-8,10,15H,9H2,1-4H3,(H,16,17). The predicted molar refractivity (Wildman–Crippen MR) is 68.4 cm³/mol. The molecule has 0 spiro atoms. The molecule has 1 rings (SSSR count). The smallest absolute Gasteiger partial charge is 0.237 e. The second-order valence-electron chi connectivity index (χ2n) is 5.20. The lowest BCUT2D eigenvalue weighted by atomic mass is 10.1. The quantitative estimate of drug-likeness (QED) is 0.831. The summed E-state index contributed by atoms with van der Waals surface area (Å²) in [5.74, 6) is 0.0200. The first-order valence-corrected chi connectivity index (χ1v) is 5.83. The summed E-state index contributed by atoms with van der Waals surface area (Å²) in [6.07, 6.45) is 3.49. The van der Waals surface area contributed by atoms with Crippen LogP contribution in [0.4, 0.5) is 0 Å². The summed E-state index contributed by atoms with van der Waals surface area (Å²) in [5, 5.41) is 6.12. The van der Waals surface area contributed by atoms with Crippen LogP contribution in [0.2, 0.25) is 0 Å². The minimum Gasteiger partial charge on any atom is -0.350 e. The second-order valence-corrected chi connectivity index (χ2v) is 5.20. The van der Waals surface area contributed by atoms with Crippen molar-refractivity contribution in [2.45, 2.75) is 45.8 Å². The fourth-order valence-electron chi connectivity index (χ4n) is 1.34. The van der Waals surface area contributed by atoms with Gasteiger partial charge < -0.3 is 10.6 Å². The van der Waals surface area contributed by atoms with Crippen molar-refractivity contribution in [2.75, 3.05) is 0 Å². The molecule has 1 amide bonds. The molecular formula is C13H21N3O. The summed E-state index contributed by atoms with van der Waals surface area (Å²) < 4.78 is 0. The molecule has 0 aliphatic rings. The predicted octanol–water partition coefficient (Wildman–Crippen LogP) is 1.47. The molecule has 1 atom stereocenters. The highest BCUT2D eigenvalue weighted by atomic mass is 16.2. The number of aromatic nitrogens is 1. The molecule has 0 saturated heterocycles. The molecule has 1 unspecified atom stereocenters. The molecule has 0 radical (unpaired) electrons. The van der Waals surface area contributed by atoms with Gasteiger partial charge in [-0.2, -0.15) is 0 Å². The summed E-state index contributed by atoms with van der Waals surface area (Å²) in [5.41, 5.74) is 0.930. The van der Waals surface area contributed by atoms with Crippen LogP contribution in [0, 0.1) is 0 Å². The topological polar surface area (TPSA) is 54.0 Å². The summed E-state index contributed by atoms with van der Waals surface area (Å²) >= 11 is 0. The average Bonchev–Trinajstić information content (AvgIpc) is 2.25. The molecule has 1 heterocycles. The van der Waals surface area contributed by atoms with Crippen LogP contribution in [0.25, 0.3) is 0 Å². The molecule has 17 heavy (non-hydrogen) atoms. The van der Waals surface area contributed by atoms with Gasteiger partial charge in [-0.15, -0.1) is 0 Å². The maximum absolute atomic E-state index is 11.8. The zero-order valence-corrected chi connectivity index (χ0v) is 10.9. The molecule has 0 fully saturated rings. The molecule has 4 nitrogen and oxygen atoms in total. The van der Waals surface area contributed by atoms with E-state index in [9.17, 15) is 4.79 Å². The zero-order chi connectivity index (χ0) is 12.9. The van der Waals surface area contributed by atoms with E-state index in [2.05, 4.69) is 15.6 Å². The first-order chi connectivity index (χ1) is 7.88. The summed E-state index contributed by atoms with van der Waals surface area (Å²) in [6.45, 7) is 8.45. The van der Waals surface area contributed by atoms with E-state index in [1.807, 2.05) is 39.8 Å². The zero-order valence-electron chi connectivity index (χ0n) is 10.9. The van der Waals surface area contributed by atoms with Gasteiger partial charge in [-0.05, 0) is 45.4 Å². The fraction of sp³-hybridized carbons (Fsp3) is 0.538. The number of hydrogen-bond donors (Lipinski definition) is 2. The minimum absolute atomic E-state index is 0.0200. The molecule has 0 aliphatic heterocycles. The Balaban J connectivity index is 2.40. The van der Waals surface area contributed by atoms with Gasteiger partial charge in [0.05, 0.1) is 6.04 Å². The Morgan fingerprint density at radius 3 is 2.47 bits per heavy atom. The molecule has 1 aromatic heterocycles. The largest absolute Gasteiger partial charge is 0.350 e. The number of hydrogen-bond acceptors (Lipinski definition) is 3. The first-order valence-electron chi connectivity index (χ1n) is 5.83. The molecule has 0 aromatic carbocycles. The van der Waals surface area contributed by atoms with E-state index in [0.29, 0.717) is 6.54 Å². The third-order valence-electron chi connectivity index (χ3n) is 2.25. The number of rotatable bonds is 4. The Morgan fingerprint density at radius 2 is 1.94 bits per heavy atom. The van der Waals surface area contributed by atoms with Crippen molar-refractivity contribution < 1.29 is 4.79 Å². The monoisotopic (exact) mass is 235 g/mol. The highest BCUT2D eigenvalue weighted by molar-refractivity contribution is 5.81. The van der Waals surface area contributed by atoms with Crippen molar-refractivity contribution in [3.8, 4) is 0 Å². The van der Waals surface area contributed by atoms with Crippen LogP contribution < -0.4 is 10.6 Å². The van der Waals surface area contributed by atoms with Crippen LogP contribution in [0.15, 0.2) is 24.5 Å². The van der Waals surface area contributed by atoms with Crippen LogP contribution >= 0.6 is 0 Å². The van der Waals surface area contributed by atoms with Crippen LogP contribution in [-0.2, 0) is 11.3 Å². The maximum Gasteiger partial charge on any atom is 0.237 e. The number of carbonyl (C=O) groups is 1. The molecule has 0 bridgehead atoms. The van der Waals surface area contributed by atoms with Gasteiger partial charge in [0.25, 0.3) is 0 Å². The van der Waals surface area contributed by atoms with Crippen molar-refractivity contribution in [3.63, 3.8) is 0 Å². The van der Waals surface area contributed by atoms with E-state index in [4.69, 9.17) is 0 Å². The van der Waals surface area contributed by atoms with Crippen LogP contribution in [0.5, 0.6) is 0 Å². The van der Waals surface area contributed by atoms with Crippen molar-refractivity contribution in [1.82, 2.24) is 15.6 Å². The Kier molecular flexibility index (Phi) is 4.63. The van der Waals surface area contributed by atoms with Gasteiger partial charge in [-0.25, -0.2) is 0 Å². The fourth-order valence-corrected chi connectivity index (χ4v) is 1.34. The third kappa shape index (κ3) is 5.45. The van der Waals surface area contributed by atoms with E-state index in [-0.39, 0.29) is 17.5 Å². The Morgan fingerprint density at radius 1 is 1.35 bits per heavy atom. The van der Waals surface area contributed by atoms with Gasteiger partial charge in [0.15, 0.2) is 0 Å². The third-order valence-corrected chi connectivity index (χ3v) is 2.25. The van der Waals surface area contributed by atoms with E-state index in [0.717, 1.165) is 5.56 Å². The molecule has 0 saturated carbocycles. The van der Waals surface area contributed by atoms with Crippen molar-refractivity contribution >= 4 is 5.91 Å². The van der Waals surface area contributed by atoms with Crippen LogP contribution in [0.1, 0.15) is 33.3 Å². The lowest BCUT2D eigenvalue weighted by Gasteiger charge is -2.23. The van der Waals surface area contributed by atoms with Gasteiger partial charge in [0.1, 0.15) is 0 Å². The Bertz CT molecular complexity index is 357. The van der Waals surface area contributed by atoms with Crippen molar-refractivity contribution in [3.05, 3.63) is 30.1 Å². The maximum atomic E-state index is 11.8. The lowest BCUT2D eigenvalue weighted by molar-refractivity contribution is -0.124. The lowest BCUT2D eigenvalue weighted by Crippen LogP contribution is -2.49. The van der Waals surface area contributed by atoms with Gasteiger partial charge in [-0.1, -0.05) is 0 Å². The van der Waals surface area contributed by atoms with Crippen LogP contribution in [-0.4, -0.2) is 22.5 Å². The summed E-state index contributed by atoms with van der Waals surface area (Å²) in [6, 6.07) is 3.66. The molecule has 94 valence electrons. The molecule has 4 heteroatoms. The SMILES string of the molecule is CC(NCc1ccncc1)C(=O)NC(C)(C)C. The van der Waals surface area contributed by atoms with Gasteiger partial charge >= 0.3 is 0 Å². The Hall–Kier alpha value is -1.42. The van der Waals surface area contributed by atoms with E-state index < -0.39 is 0 Å². The van der Waals surface area contributed by atoms with Crippen molar-refractivity contribution in [2.24, 2.45) is 0 Å². The molecule has 1 aromatic rings. The number of pyridine rings is 1. The van der Waals surface area contributed by atoms with Gasteiger partial charge in [0.2, 0.25) is 5.91 Å². The molecule has 0 aliphatic carbocycles. The first kappa shape index (κ1) is 13.6. The minimum atomic E-state index is -0.206. The number of nitrogens with zero attached hydrogens (tertiary/aromatic N) is 1. The Labute approximate surface area is 103 Å². The highest BCUT2D eigenvalue weighted by Gasteiger charge is 2.18. The number of nitrogens with one attached hydrogen (secondary N) is 2. The number of amides is 1. The highest BCUT2D eigenvalue weighted by Crippen LogP contribution is 2.00. The van der Waals surface area contributed by atoms with Crippen LogP contribution in [0.3, 0.4) is 0 Å². The second kappa shape index (κ2) is 5.77. The van der Waals surface area contributed by atoms with E-state index in [1.54, 1.807) is 12.4 Å². The van der Waals surface area contributed by atoms with Gasteiger partial charge in [0, 0.05) is 24.5 Å². The summed E-state index contributed by atoms with van der Waals surface area (Å²) in [4.78, 5) is 15.7. The molecular weight excluding hydrogens is 214 g/mol. The van der Waals surface area contributed by atoms with Crippen molar-refractivity contribution in [1.29, 1.82) is 0 Å². The normalized spacial score (nSPS) is 13.2. The van der Waals surface area contributed by atoms with Gasteiger partial charge in [-0.3, -0.25) is 9.78 Å². The number of carbonyl (C=O) groups excluding carboxylic acids is 1. The van der Waals surface area contributed by atoms with E-state index >= 15 is 0 Å². The van der Waals surface area contributed by atoms with E-state index in [1.165, 1.54) is 0 Å².